The molecule has 0 saturated heterocycles. The molecule has 1 aromatic rings. The van der Waals surface area contributed by atoms with Gasteiger partial charge in [0.25, 0.3) is 5.88 Å². The van der Waals surface area contributed by atoms with Crippen LogP contribution in [0.25, 0.3) is 0 Å². The summed E-state index contributed by atoms with van der Waals surface area (Å²) in [6, 6.07) is 1.34. The summed E-state index contributed by atoms with van der Waals surface area (Å²) >= 11 is 5.56. The number of halogens is 4. The zero-order valence-electron chi connectivity index (χ0n) is 8.71. The van der Waals surface area contributed by atoms with Crippen LogP contribution in [0.2, 0.25) is 0 Å². The van der Waals surface area contributed by atoms with Crippen LogP contribution in [0.3, 0.4) is 0 Å². The van der Waals surface area contributed by atoms with Gasteiger partial charge in [0, 0.05) is 5.56 Å². The van der Waals surface area contributed by atoms with Gasteiger partial charge in [-0.15, -0.1) is 24.8 Å². The standard InChI is InChI=1S/C9H9ClF3NO3/c1-16-7-5(3-10)2-6(4-15)14-8(7)17-9(11,12)13/h2,15H,3-4H2,1H3. The highest BCUT2D eigenvalue weighted by atomic mass is 35.5. The van der Waals surface area contributed by atoms with Crippen molar-refractivity contribution in [3.05, 3.63) is 17.3 Å². The van der Waals surface area contributed by atoms with Gasteiger partial charge in [0.15, 0.2) is 5.75 Å². The van der Waals surface area contributed by atoms with Crippen LogP contribution in [0, 0.1) is 0 Å². The van der Waals surface area contributed by atoms with Crippen LogP contribution >= 0.6 is 11.6 Å². The molecule has 0 aliphatic heterocycles. The number of aliphatic hydroxyl groups is 1. The molecule has 96 valence electrons. The molecule has 0 bridgehead atoms. The predicted molar refractivity (Wildman–Crippen MR) is 53.0 cm³/mol. The fourth-order valence-electron chi connectivity index (χ4n) is 1.19. The molecule has 1 N–H and O–H groups in total. The maximum absolute atomic E-state index is 12.1. The molecule has 17 heavy (non-hydrogen) atoms. The number of methoxy groups -OCH3 is 1. The summed E-state index contributed by atoms with van der Waals surface area (Å²) in [6.45, 7) is -0.526. The van der Waals surface area contributed by atoms with Crippen LogP contribution in [-0.4, -0.2) is 23.6 Å². The fraction of sp³-hybridized carbons (Fsp3) is 0.444. The number of aromatic nitrogens is 1. The third-order valence-corrected chi connectivity index (χ3v) is 2.08. The maximum atomic E-state index is 12.1. The summed E-state index contributed by atoms with van der Waals surface area (Å²) in [5, 5.41) is 8.86. The molecule has 0 aliphatic carbocycles. The van der Waals surface area contributed by atoms with Crippen LogP contribution in [0.5, 0.6) is 11.6 Å². The highest BCUT2D eigenvalue weighted by molar-refractivity contribution is 6.17. The average Bonchev–Trinajstić information content (AvgIpc) is 2.25. The van der Waals surface area contributed by atoms with Crippen LogP contribution in [-0.2, 0) is 12.5 Å². The van der Waals surface area contributed by atoms with E-state index in [1.54, 1.807) is 0 Å². The lowest BCUT2D eigenvalue weighted by atomic mass is 10.2. The van der Waals surface area contributed by atoms with E-state index in [1.165, 1.54) is 13.2 Å². The minimum Gasteiger partial charge on any atom is -0.491 e. The summed E-state index contributed by atoms with van der Waals surface area (Å²) in [4.78, 5) is 3.48. The van der Waals surface area contributed by atoms with Crippen molar-refractivity contribution in [3.63, 3.8) is 0 Å². The summed E-state index contributed by atoms with van der Waals surface area (Å²) in [7, 11) is 1.18. The molecule has 0 amide bonds. The van der Waals surface area contributed by atoms with Gasteiger partial charge in [-0.2, -0.15) is 0 Å². The lowest BCUT2D eigenvalue weighted by Crippen LogP contribution is -2.19. The second-order valence-corrected chi connectivity index (χ2v) is 3.22. The van der Waals surface area contributed by atoms with Gasteiger partial charge in [0.1, 0.15) is 0 Å². The molecule has 8 heteroatoms. The van der Waals surface area contributed by atoms with Gasteiger partial charge < -0.3 is 14.6 Å². The van der Waals surface area contributed by atoms with E-state index in [2.05, 4.69) is 9.72 Å². The van der Waals surface area contributed by atoms with E-state index in [9.17, 15) is 13.2 Å². The molecule has 0 spiro atoms. The van der Waals surface area contributed by atoms with Crippen molar-refractivity contribution < 1.29 is 27.8 Å². The SMILES string of the molecule is COc1c(CCl)cc(CO)nc1OC(F)(F)F. The molecule has 0 fully saturated rings. The van der Waals surface area contributed by atoms with Crippen molar-refractivity contribution >= 4 is 11.6 Å². The van der Waals surface area contributed by atoms with Crippen molar-refractivity contribution in [1.82, 2.24) is 4.98 Å². The number of ether oxygens (including phenoxy) is 2. The molecule has 4 nitrogen and oxygen atoms in total. The van der Waals surface area contributed by atoms with Gasteiger partial charge in [-0.1, -0.05) is 0 Å². The Morgan fingerprint density at radius 2 is 2.12 bits per heavy atom. The smallest absolute Gasteiger partial charge is 0.491 e. The molecule has 0 saturated carbocycles. The first-order valence-corrected chi connectivity index (χ1v) is 4.94. The molecule has 0 radical (unpaired) electrons. The highest BCUT2D eigenvalue weighted by Crippen LogP contribution is 2.34. The first-order chi connectivity index (χ1) is 7.91. The Labute approximate surface area is 99.9 Å². The van der Waals surface area contributed by atoms with Gasteiger partial charge in [-0.25, -0.2) is 4.98 Å². The number of hydrogen-bond donors (Lipinski definition) is 1. The maximum Gasteiger partial charge on any atom is 0.574 e. The topological polar surface area (TPSA) is 51.6 Å². The van der Waals surface area contributed by atoms with Crippen molar-refractivity contribution in [1.29, 1.82) is 0 Å². The van der Waals surface area contributed by atoms with Crippen LogP contribution in [0.1, 0.15) is 11.3 Å². The van der Waals surface area contributed by atoms with E-state index in [0.717, 1.165) is 0 Å². The number of aliphatic hydroxyl groups excluding tert-OH is 1. The van der Waals surface area contributed by atoms with Gasteiger partial charge in [-0.3, -0.25) is 0 Å². The summed E-state index contributed by atoms with van der Waals surface area (Å²) in [6.07, 6.45) is -4.89. The zero-order valence-corrected chi connectivity index (χ0v) is 9.47. The van der Waals surface area contributed by atoms with E-state index in [-0.39, 0.29) is 22.9 Å². The number of pyridine rings is 1. The second-order valence-electron chi connectivity index (χ2n) is 2.95. The molecular weight excluding hydrogens is 263 g/mol. The Bertz CT molecular complexity index is 398. The van der Waals surface area contributed by atoms with Crippen molar-refractivity contribution in [2.24, 2.45) is 0 Å². The lowest BCUT2D eigenvalue weighted by molar-refractivity contribution is -0.276. The summed E-state index contributed by atoms with van der Waals surface area (Å²) in [5.74, 6) is -1.05. The van der Waals surface area contributed by atoms with Gasteiger partial charge in [0.2, 0.25) is 0 Å². The molecule has 1 rings (SSSR count). The summed E-state index contributed by atoms with van der Waals surface area (Å²) < 4.78 is 44.8. The van der Waals surface area contributed by atoms with E-state index in [0.29, 0.717) is 0 Å². The zero-order chi connectivity index (χ0) is 13.1. The summed E-state index contributed by atoms with van der Waals surface area (Å²) in [5.41, 5.74) is 0.271. The Kier molecular flexibility index (Phi) is 4.41. The highest BCUT2D eigenvalue weighted by Gasteiger charge is 2.34. The Morgan fingerprint density at radius 3 is 2.53 bits per heavy atom. The van der Waals surface area contributed by atoms with Crippen molar-refractivity contribution in [3.8, 4) is 11.6 Å². The van der Waals surface area contributed by atoms with Crippen LogP contribution in [0.4, 0.5) is 13.2 Å². The molecule has 0 unspecified atom stereocenters. The number of alkyl halides is 4. The Hall–Kier alpha value is -1.21. The molecule has 0 aliphatic rings. The molecule has 0 aromatic carbocycles. The van der Waals surface area contributed by atoms with Gasteiger partial charge in [-0.05, 0) is 6.07 Å². The minimum atomic E-state index is -4.89. The second kappa shape index (κ2) is 5.42. The normalized spacial score (nSPS) is 11.4. The first-order valence-electron chi connectivity index (χ1n) is 4.40. The molecular formula is C9H9ClF3NO3. The average molecular weight is 272 g/mol. The minimum absolute atomic E-state index is 0.0145. The largest absolute Gasteiger partial charge is 0.574 e. The monoisotopic (exact) mass is 271 g/mol. The number of rotatable bonds is 4. The Balaban J connectivity index is 3.24. The first kappa shape index (κ1) is 13.9. The van der Waals surface area contributed by atoms with E-state index < -0.39 is 18.8 Å². The Morgan fingerprint density at radius 1 is 1.47 bits per heavy atom. The quantitative estimate of drug-likeness (QED) is 0.853. The fourth-order valence-corrected chi connectivity index (χ4v) is 1.39. The van der Waals surface area contributed by atoms with Crippen molar-refractivity contribution in [2.75, 3.05) is 7.11 Å². The van der Waals surface area contributed by atoms with E-state index in [4.69, 9.17) is 21.4 Å². The third-order valence-electron chi connectivity index (χ3n) is 1.79. The van der Waals surface area contributed by atoms with E-state index in [1.807, 2.05) is 0 Å². The van der Waals surface area contributed by atoms with Gasteiger partial charge in [0.05, 0.1) is 25.3 Å². The number of nitrogens with zero attached hydrogens (tertiary/aromatic N) is 1. The van der Waals surface area contributed by atoms with Crippen molar-refractivity contribution in [2.45, 2.75) is 18.8 Å². The molecule has 1 heterocycles. The van der Waals surface area contributed by atoms with Crippen LogP contribution in [0.15, 0.2) is 6.07 Å². The lowest BCUT2D eigenvalue weighted by Gasteiger charge is -2.14. The third kappa shape index (κ3) is 3.64. The number of hydrogen-bond acceptors (Lipinski definition) is 4. The van der Waals surface area contributed by atoms with E-state index >= 15 is 0 Å². The van der Waals surface area contributed by atoms with Crippen LogP contribution < -0.4 is 9.47 Å². The molecule has 1 aromatic heterocycles. The predicted octanol–water partition coefficient (Wildman–Crippen LogP) is 2.22. The van der Waals surface area contributed by atoms with Gasteiger partial charge >= 0.3 is 6.36 Å². The molecule has 0 atom stereocenters.